The lowest BCUT2D eigenvalue weighted by Gasteiger charge is -2.14. The van der Waals surface area contributed by atoms with Crippen LogP contribution in [0.4, 0.5) is 23.2 Å². The number of anilines is 1. The van der Waals surface area contributed by atoms with E-state index in [1.807, 2.05) is 6.07 Å². The molecule has 4 nitrogen and oxygen atoms in total. The Morgan fingerprint density at radius 3 is 2.48 bits per heavy atom. The third-order valence-corrected chi connectivity index (χ3v) is 4.09. The number of hydrogen-bond donors (Lipinski definition) is 1. The molecule has 1 aromatic rings. The average molecular weight is 324 g/mol. The van der Waals surface area contributed by atoms with Crippen LogP contribution in [-0.2, 0) is 9.84 Å². The molecular weight excluding hydrogens is 312 g/mol. The Kier molecular flexibility index (Phi) is 5.54. The molecular formula is C12H12F4N2O2S. The Morgan fingerprint density at radius 2 is 1.90 bits per heavy atom. The summed E-state index contributed by atoms with van der Waals surface area (Å²) in [6, 6.07) is 4.05. The highest BCUT2D eigenvalue weighted by molar-refractivity contribution is 7.92. The number of halogens is 4. The van der Waals surface area contributed by atoms with E-state index in [1.54, 1.807) is 0 Å². The zero-order valence-corrected chi connectivity index (χ0v) is 11.6. The Morgan fingerprint density at radius 1 is 1.24 bits per heavy atom. The van der Waals surface area contributed by atoms with Crippen LogP contribution in [0.15, 0.2) is 23.1 Å². The van der Waals surface area contributed by atoms with Crippen LogP contribution in [0.2, 0.25) is 0 Å². The number of hydrogen-bond acceptors (Lipinski definition) is 4. The largest absolute Gasteiger partial charge is 0.501 e. The van der Waals surface area contributed by atoms with Crippen molar-refractivity contribution in [2.45, 2.75) is 29.7 Å². The van der Waals surface area contributed by atoms with Gasteiger partial charge in [-0.3, -0.25) is 0 Å². The van der Waals surface area contributed by atoms with E-state index in [0.29, 0.717) is 25.3 Å². The van der Waals surface area contributed by atoms with Crippen molar-refractivity contribution < 1.29 is 26.0 Å². The van der Waals surface area contributed by atoms with E-state index >= 15 is 0 Å². The topological polar surface area (TPSA) is 70.0 Å². The first-order valence-corrected chi connectivity index (χ1v) is 7.40. The van der Waals surface area contributed by atoms with Crippen molar-refractivity contribution in [2.24, 2.45) is 0 Å². The Bertz CT molecular complexity index is 636. The predicted molar refractivity (Wildman–Crippen MR) is 67.6 cm³/mol. The summed E-state index contributed by atoms with van der Waals surface area (Å²) in [5.74, 6) is -1.08. The van der Waals surface area contributed by atoms with Crippen molar-refractivity contribution in [1.29, 1.82) is 5.26 Å². The third kappa shape index (κ3) is 4.32. The van der Waals surface area contributed by atoms with Gasteiger partial charge in [0.2, 0.25) is 0 Å². The van der Waals surface area contributed by atoms with Crippen LogP contribution in [-0.4, -0.2) is 20.5 Å². The zero-order chi connectivity index (χ0) is 16.1. The van der Waals surface area contributed by atoms with Crippen molar-refractivity contribution in [1.82, 2.24) is 0 Å². The Balaban J connectivity index is 2.99. The van der Waals surface area contributed by atoms with Crippen LogP contribution in [0, 0.1) is 17.1 Å². The van der Waals surface area contributed by atoms with Gasteiger partial charge in [0.25, 0.3) is 9.84 Å². The summed E-state index contributed by atoms with van der Waals surface area (Å²) in [5, 5.41) is 10.9. The number of rotatable bonds is 6. The molecule has 0 bridgehead atoms. The summed E-state index contributed by atoms with van der Waals surface area (Å²) in [4.78, 5) is -1.14. The minimum absolute atomic E-state index is 0.174. The van der Waals surface area contributed by atoms with E-state index in [9.17, 15) is 26.0 Å². The van der Waals surface area contributed by atoms with Crippen LogP contribution in [0.5, 0.6) is 0 Å². The maximum Gasteiger partial charge on any atom is 0.501 e. The second kappa shape index (κ2) is 6.76. The lowest BCUT2D eigenvalue weighted by Crippen LogP contribution is -2.24. The summed E-state index contributed by atoms with van der Waals surface area (Å²) >= 11 is 0. The van der Waals surface area contributed by atoms with E-state index in [0.717, 1.165) is 12.1 Å². The van der Waals surface area contributed by atoms with Crippen molar-refractivity contribution >= 4 is 15.5 Å². The Hall–Kier alpha value is -1.82. The fourth-order valence-electron chi connectivity index (χ4n) is 1.54. The summed E-state index contributed by atoms with van der Waals surface area (Å²) in [5.41, 5.74) is -5.82. The molecule has 1 N–H and O–H groups in total. The molecule has 0 spiro atoms. The van der Waals surface area contributed by atoms with Crippen molar-refractivity contribution in [3.8, 4) is 6.07 Å². The minimum Gasteiger partial charge on any atom is -0.384 e. The third-order valence-electron chi connectivity index (χ3n) is 2.57. The number of alkyl halides is 3. The van der Waals surface area contributed by atoms with Crippen LogP contribution < -0.4 is 5.32 Å². The fourth-order valence-corrected chi connectivity index (χ4v) is 2.49. The van der Waals surface area contributed by atoms with Crippen LogP contribution in [0.25, 0.3) is 0 Å². The highest BCUT2D eigenvalue weighted by atomic mass is 32.2. The molecule has 1 aromatic carbocycles. The highest BCUT2D eigenvalue weighted by Gasteiger charge is 2.48. The second-order valence-electron chi connectivity index (χ2n) is 4.13. The van der Waals surface area contributed by atoms with E-state index < -0.39 is 26.1 Å². The van der Waals surface area contributed by atoms with Crippen LogP contribution >= 0.6 is 0 Å². The van der Waals surface area contributed by atoms with Gasteiger partial charge in [-0.15, -0.1) is 0 Å². The minimum atomic E-state index is -5.63. The van der Waals surface area contributed by atoms with Gasteiger partial charge in [0.15, 0.2) is 0 Å². The van der Waals surface area contributed by atoms with Gasteiger partial charge in [-0.05, 0) is 31.0 Å². The summed E-state index contributed by atoms with van der Waals surface area (Å²) in [7, 11) is -5.63. The molecule has 0 atom stereocenters. The lowest BCUT2D eigenvalue weighted by atomic mass is 10.2. The maximum absolute atomic E-state index is 13.1. The molecule has 0 heterocycles. The van der Waals surface area contributed by atoms with E-state index in [1.165, 1.54) is 0 Å². The molecule has 0 aliphatic rings. The number of nitrogens with zero attached hydrogens (tertiary/aromatic N) is 1. The molecule has 21 heavy (non-hydrogen) atoms. The monoisotopic (exact) mass is 324 g/mol. The molecule has 0 saturated carbocycles. The molecule has 0 aromatic heterocycles. The molecule has 0 fully saturated rings. The van der Waals surface area contributed by atoms with Gasteiger partial charge < -0.3 is 5.32 Å². The van der Waals surface area contributed by atoms with Crippen LogP contribution in [0.1, 0.15) is 19.3 Å². The standard InChI is InChI=1S/C12H12F4N2O2S/c13-9-4-5-10(18-7-3-1-2-6-17)11(8-9)21(19,20)12(14,15)16/h4-5,8,18H,1-3,7H2. The first-order valence-electron chi connectivity index (χ1n) is 5.92. The average Bonchev–Trinajstić information content (AvgIpc) is 2.38. The molecule has 0 radical (unpaired) electrons. The van der Waals surface area contributed by atoms with Crippen molar-refractivity contribution in [3.05, 3.63) is 24.0 Å². The van der Waals surface area contributed by atoms with E-state index in [4.69, 9.17) is 5.26 Å². The quantitative estimate of drug-likeness (QED) is 0.644. The molecule has 0 unspecified atom stereocenters. The van der Waals surface area contributed by atoms with Gasteiger partial charge in [-0.25, -0.2) is 12.8 Å². The number of benzene rings is 1. The number of sulfone groups is 1. The number of nitriles is 1. The summed E-state index contributed by atoms with van der Waals surface area (Å²) in [6.07, 6.45) is 1.28. The summed E-state index contributed by atoms with van der Waals surface area (Å²) in [6.45, 7) is 0.174. The lowest BCUT2D eigenvalue weighted by molar-refractivity contribution is -0.0435. The molecule has 0 aliphatic heterocycles. The Labute approximate surface area is 119 Å². The van der Waals surface area contributed by atoms with Crippen LogP contribution in [0.3, 0.4) is 0 Å². The van der Waals surface area contributed by atoms with Gasteiger partial charge in [0.1, 0.15) is 10.7 Å². The highest BCUT2D eigenvalue weighted by Crippen LogP contribution is 2.34. The normalized spacial score (nSPS) is 12.0. The predicted octanol–water partition coefficient (Wildman–Crippen LogP) is 3.22. The molecule has 0 amide bonds. The molecule has 1 rings (SSSR count). The maximum atomic E-state index is 13.1. The smallest absolute Gasteiger partial charge is 0.384 e. The van der Waals surface area contributed by atoms with E-state index in [2.05, 4.69) is 5.32 Å². The molecule has 0 aliphatic carbocycles. The fraction of sp³-hybridized carbons (Fsp3) is 0.417. The molecule has 116 valence electrons. The number of nitrogens with one attached hydrogen (secondary N) is 1. The van der Waals surface area contributed by atoms with E-state index in [-0.39, 0.29) is 12.2 Å². The zero-order valence-electron chi connectivity index (χ0n) is 10.7. The SMILES string of the molecule is N#CCCCCNc1ccc(F)cc1S(=O)(=O)C(F)(F)F. The molecule has 9 heteroatoms. The second-order valence-corrected chi connectivity index (χ2v) is 6.04. The van der Waals surface area contributed by atoms with Crippen molar-refractivity contribution in [3.63, 3.8) is 0 Å². The first kappa shape index (κ1) is 17.2. The number of unbranched alkanes of at least 4 members (excludes halogenated alkanes) is 2. The van der Waals surface area contributed by atoms with Gasteiger partial charge in [-0.2, -0.15) is 18.4 Å². The van der Waals surface area contributed by atoms with Gasteiger partial charge in [0.05, 0.1) is 11.8 Å². The van der Waals surface area contributed by atoms with Gasteiger partial charge in [0, 0.05) is 13.0 Å². The van der Waals surface area contributed by atoms with Crippen molar-refractivity contribution in [2.75, 3.05) is 11.9 Å². The first-order chi connectivity index (χ1) is 9.70. The van der Waals surface area contributed by atoms with Gasteiger partial charge >= 0.3 is 5.51 Å². The summed E-state index contributed by atoms with van der Waals surface area (Å²) < 4.78 is 73.5. The molecule has 0 saturated heterocycles. The van der Waals surface area contributed by atoms with Gasteiger partial charge in [-0.1, -0.05) is 0 Å².